The summed E-state index contributed by atoms with van der Waals surface area (Å²) in [6.45, 7) is 2.30. The van der Waals surface area contributed by atoms with Crippen LogP contribution in [-0.4, -0.2) is 53.0 Å². The van der Waals surface area contributed by atoms with Crippen LogP contribution in [0.4, 0.5) is 0 Å². The van der Waals surface area contributed by atoms with Crippen molar-refractivity contribution < 1.29 is 19.1 Å². The van der Waals surface area contributed by atoms with Crippen LogP contribution in [0.5, 0.6) is 0 Å². The lowest BCUT2D eigenvalue weighted by atomic mass is 9.97. The molecule has 3 atom stereocenters. The van der Waals surface area contributed by atoms with Gasteiger partial charge in [0.1, 0.15) is 6.04 Å². The van der Waals surface area contributed by atoms with Crippen molar-refractivity contribution >= 4 is 17.7 Å². The molecule has 4 N–H and O–H groups in total. The van der Waals surface area contributed by atoms with Gasteiger partial charge >= 0.3 is 0 Å². The highest BCUT2D eigenvalue weighted by Gasteiger charge is 2.54. The summed E-state index contributed by atoms with van der Waals surface area (Å²) in [5, 5.41) is 5.98. The molecule has 0 aromatic heterocycles. The first-order valence-corrected chi connectivity index (χ1v) is 10.3. The molecule has 29 heavy (non-hydrogen) atoms. The van der Waals surface area contributed by atoms with E-state index < -0.39 is 6.04 Å². The zero-order valence-electron chi connectivity index (χ0n) is 16.3. The molecular weight excluding hydrogens is 372 g/mol. The molecule has 1 saturated carbocycles. The number of rotatable bonds is 5. The van der Waals surface area contributed by atoms with Crippen molar-refractivity contribution in [2.75, 3.05) is 13.2 Å². The summed E-state index contributed by atoms with van der Waals surface area (Å²) in [6.07, 6.45) is 3.62. The second-order valence-electron chi connectivity index (χ2n) is 8.88. The standard InChI is InChI=1S/C21H26N4O4/c22-11-21-6-5-20(10-21,12-29-21)23-8-13-1-2-14-9-25(19(28)15(14)7-13)16-3-4-17(26)24-18(16)27/h1-2,7,16,23H,3-6,8-12,22H2,(H,24,26,27). The van der Waals surface area contributed by atoms with Gasteiger partial charge in [0.05, 0.1) is 12.2 Å². The van der Waals surface area contributed by atoms with Crippen LogP contribution >= 0.6 is 0 Å². The average molecular weight is 398 g/mol. The number of hydrogen-bond donors (Lipinski definition) is 3. The molecule has 8 heteroatoms. The van der Waals surface area contributed by atoms with Crippen molar-refractivity contribution in [1.29, 1.82) is 0 Å². The van der Waals surface area contributed by atoms with Gasteiger partial charge in [-0.05, 0) is 42.9 Å². The third-order valence-corrected chi connectivity index (χ3v) is 7.01. The predicted octanol–water partition coefficient (Wildman–Crippen LogP) is 0.188. The maximum atomic E-state index is 12.9. The fraction of sp³-hybridized carbons (Fsp3) is 0.571. The van der Waals surface area contributed by atoms with E-state index in [4.69, 9.17) is 10.5 Å². The summed E-state index contributed by atoms with van der Waals surface area (Å²) >= 11 is 0. The number of carbonyl (C=O) groups is 3. The first kappa shape index (κ1) is 18.7. The number of imide groups is 1. The van der Waals surface area contributed by atoms with E-state index in [1.807, 2.05) is 18.2 Å². The van der Waals surface area contributed by atoms with E-state index in [9.17, 15) is 14.4 Å². The van der Waals surface area contributed by atoms with Crippen molar-refractivity contribution in [3.8, 4) is 0 Å². The molecule has 1 aromatic carbocycles. The summed E-state index contributed by atoms with van der Waals surface area (Å²) in [5.74, 6) is -0.791. The molecule has 0 radical (unpaired) electrons. The van der Waals surface area contributed by atoms with Crippen molar-refractivity contribution in [3.05, 3.63) is 34.9 Å². The van der Waals surface area contributed by atoms with Gasteiger partial charge in [-0.15, -0.1) is 0 Å². The number of amides is 3. The maximum absolute atomic E-state index is 12.9. The van der Waals surface area contributed by atoms with Gasteiger partial charge in [-0.3, -0.25) is 19.7 Å². The largest absolute Gasteiger partial charge is 0.372 e. The summed E-state index contributed by atoms with van der Waals surface area (Å²) in [7, 11) is 0. The fourth-order valence-corrected chi connectivity index (χ4v) is 5.23. The molecule has 3 heterocycles. The Morgan fingerprint density at radius 2 is 2.14 bits per heavy atom. The van der Waals surface area contributed by atoms with Gasteiger partial charge in [-0.25, -0.2) is 0 Å². The Labute approximate surface area is 169 Å². The number of carbonyl (C=O) groups excluding carboxylic acids is 3. The summed E-state index contributed by atoms with van der Waals surface area (Å²) in [6, 6.07) is 5.35. The molecule has 5 rings (SSSR count). The quantitative estimate of drug-likeness (QED) is 0.610. The Bertz CT molecular complexity index is 891. The van der Waals surface area contributed by atoms with E-state index in [0.717, 1.165) is 30.4 Å². The Kier molecular flexibility index (Phi) is 4.27. The molecule has 0 spiro atoms. The van der Waals surface area contributed by atoms with Gasteiger partial charge in [-0.2, -0.15) is 0 Å². The highest BCUT2D eigenvalue weighted by molar-refractivity contribution is 6.05. The van der Waals surface area contributed by atoms with Gasteiger partial charge in [-0.1, -0.05) is 12.1 Å². The Hall–Kier alpha value is -2.29. The van der Waals surface area contributed by atoms with Crippen LogP contribution in [0.25, 0.3) is 0 Å². The van der Waals surface area contributed by atoms with Gasteiger partial charge in [0.15, 0.2) is 0 Å². The zero-order valence-corrected chi connectivity index (χ0v) is 16.3. The highest BCUT2D eigenvalue weighted by atomic mass is 16.5. The van der Waals surface area contributed by atoms with E-state index in [2.05, 4.69) is 10.6 Å². The lowest BCUT2D eigenvalue weighted by Crippen LogP contribution is -2.52. The number of hydrogen-bond acceptors (Lipinski definition) is 6. The predicted molar refractivity (Wildman–Crippen MR) is 104 cm³/mol. The monoisotopic (exact) mass is 398 g/mol. The van der Waals surface area contributed by atoms with Crippen molar-refractivity contribution in [3.63, 3.8) is 0 Å². The minimum atomic E-state index is -0.577. The highest BCUT2D eigenvalue weighted by Crippen LogP contribution is 2.46. The molecule has 8 nitrogen and oxygen atoms in total. The number of ether oxygens (including phenoxy) is 1. The van der Waals surface area contributed by atoms with E-state index >= 15 is 0 Å². The molecular formula is C21H26N4O4. The first-order valence-electron chi connectivity index (χ1n) is 10.3. The smallest absolute Gasteiger partial charge is 0.255 e. The second kappa shape index (κ2) is 6.62. The van der Waals surface area contributed by atoms with Crippen LogP contribution in [0.3, 0.4) is 0 Å². The SMILES string of the molecule is NCC12CCC(NCc3ccc4c(c3)C(=O)N(C3CCC(=O)NC3=O)C4)(CO1)C2. The van der Waals surface area contributed by atoms with Gasteiger partial charge < -0.3 is 20.7 Å². The van der Waals surface area contributed by atoms with E-state index in [0.29, 0.717) is 38.2 Å². The van der Waals surface area contributed by atoms with Crippen LogP contribution in [-0.2, 0) is 27.4 Å². The normalized spacial score (nSPS) is 33.3. The number of nitrogens with two attached hydrogens (primary N) is 1. The summed E-state index contributed by atoms with van der Waals surface area (Å²) < 4.78 is 5.96. The number of nitrogens with one attached hydrogen (secondary N) is 2. The second-order valence-corrected chi connectivity index (χ2v) is 8.88. The molecule has 1 aromatic rings. The Morgan fingerprint density at radius 3 is 2.83 bits per heavy atom. The van der Waals surface area contributed by atoms with E-state index in [1.54, 1.807) is 4.90 Å². The summed E-state index contributed by atoms with van der Waals surface area (Å²) in [5.41, 5.74) is 8.32. The fourth-order valence-electron chi connectivity index (χ4n) is 5.23. The third-order valence-electron chi connectivity index (χ3n) is 7.01. The Balaban J connectivity index is 1.27. The van der Waals surface area contributed by atoms with E-state index in [1.165, 1.54) is 0 Å². The lowest BCUT2D eigenvalue weighted by Gasteiger charge is -2.29. The molecule has 3 amide bonds. The minimum absolute atomic E-state index is 0.0266. The van der Waals surface area contributed by atoms with Crippen LogP contribution in [0, 0.1) is 0 Å². The van der Waals surface area contributed by atoms with Crippen molar-refractivity contribution in [2.45, 2.75) is 62.4 Å². The first-order chi connectivity index (χ1) is 13.9. The van der Waals surface area contributed by atoms with Crippen molar-refractivity contribution in [2.24, 2.45) is 5.73 Å². The lowest BCUT2D eigenvalue weighted by molar-refractivity contribution is -0.136. The molecule has 2 saturated heterocycles. The van der Waals surface area contributed by atoms with Crippen LogP contribution < -0.4 is 16.4 Å². The number of benzene rings is 1. The third kappa shape index (κ3) is 3.06. The summed E-state index contributed by atoms with van der Waals surface area (Å²) in [4.78, 5) is 38.1. The topological polar surface area (TPSA) is 114 Å². The van der Waals surface area contributed by atoms with Gasteiger partial charge in [0, 0.05) is 37.2 Å². The molecule has 1 aliphatic carbocycles. The van der Waals surface area contributed by atoms with Crippen LogP contribution in [0.2, 0.25) is 0 Å². The number of piperidine rings is 1. The Morgan fingerprint density at radius 1 is 1.28 bits per heavy atom. The average Bonchev–Trinajstić information content (AvgIpc) is 3.38. The molecule has 2 bridgehead atoms. The van der Waals surface area contributed by atoms with E-state index in [-0.39, 0.29) is 35.3 Å². The molecule has 154 valence electrons. The van der Waals surface area contributed by atoms with Crippen molar-refractivity contribution in [1.82, 2.24) is 15.5 Å². The van der Waals surface area contributed by atoms with Gasteiger partial charge in [0.2, 0.25) is 11.8 Å². The molecule has 4 aliphatic rings. The molecule has 3 fully saturated rings. The van der Waals surface area contributed by atoms with Crippen LogP contribution in [0.1, 0.15) is 53.6 Å². The zero-order chi connectivity index (χ0) is 20.2. The van der Waals surface area contributed by atoms with Gasteiger partial charge in [0.25, 0.3) is 5.91 Å². The minimum Gasteiger partial charge on any atom is -0.372 e. The van der Waals surface area contributed by atoms with Crippen LogP contribution in [0.15, 0.2) is 18.2 Å². The maximum Gasteiger partial charge on any atom is 0.255 e. The number of nitrogens with zero attached hydrogens (tertiary/aromatic N) is 1. The number of fused-ring (bicyclic) bond motifs is 3. The molecule has 3 aliphatic heterocycles. The molecule has 3 unspecified atom stereocenters.